The van der Waals surface area contributed by atoms with Crippen LogP contribution in [0.4, 0.5) is 11.5 Å². The van der Waals surface area contributed by atoms with Crippen LogP contribution >= 0.6 is 0 Å². The van der Waals surface area contributed by atoms with Crippen LogP contribution in [0.3, 0.4) is 0 Å². The van der Waals surface area contributed by atoms with E-state index >= 15 is 0 Å². The van der Waals surface area contributed by atoms with Gasteiger partial charge in [0.1, 0.15) is 5.82 Å². The number of aliphatic hydroxyl groups is 1. The summed E-state index contributed by atoms with van der Waals surface area (Å²) in [7, 11) is 0. The van der Waals surface area contributed by atoms with Gasteiger partial charge in [0.25, 0.3) is 0 Å². The molecule has 1 saturated heterocycles. The van der Waals surface area contributed by atoms with E-state index in [1.54, 1.807) is 11.1 Å². The molecule has 128 valence electrons. The Morgan fingerprint density at radius 2 is 2.17 bits per heavy atom. The minimum atomic E-state index is 0.0765. The van der Waals surface area contributed by atoms with Crippen LogP contribution in [-0.4, -0.2) is 38.9 Å². The summed E-state index contributed by atoms with van der Waals surface area (Å²) in [5.74, 6) is 0.930. The lowest BCUT2D eigenvalue weighted by atomic mass is 10.2. The summed E-state index contributed by atoms with van der Waals surface area (Å²) in [4.78, 5) is 17.9. The quantitative estimate of drug-likeness (QED) is 0.841. The lowest BCUT2D eigenvalue weighted by Crippen LogP contribution is -2.23. The van der Waals surface area contributed by atoms with Crippen LogP contribution in [0, 0.1) is 13.8 Å². The normalized spacial score (nSPS) is 14.5. The highest BCUT2D eigenvalue weighted by Gasteiger charge is 2.21. The molecule has 1 fully saturated rings. The number of carbonyl (C=O) groups is 1. The molecule has 0 bridgehead atoms. The Morgan fingerprint density at radius 1 is 1.33 bits per heavy atom. The predicted molar refractivity (Wildman–Crippen MR) is 91.9 cm³/mol. The van der Waals surface area contributed by atoms with Crippen LogP contribution in [0.5, 0.6) is 0 Å². The van der Waals surface area contributed by atoms with Crippen LogP contribution in [-0.2, 0) is 17.9 Å². The first-order valence-electron chi connectivity index (χ1n) is 8.24. The van der Waals surface area contributed by atoms with Crippen LogP contribution in [0.15, 0.2) is 18.3 Å². The van der Waals surface area contributed by atoms with Crippen molar-refractivity contribution < 1.29 is 9.90 Å². The highest BCUT2D eigenvalue weighted by Crippen LogP contribution is 2.22. The number of amides is 1. The molecule has 0 aliphatic carbocycles. The second kappa shape index (κ2) is 7.00. The first-order valence-corrected chi connectivity index (χ1v) is 8.24. The van der Waals surface area contributed by atoms with Crippen LogP contribution in [0.25, 0.3) is 0 Å². The molecule has 0 saturated carbocycles. The highest BCUT2D eigenvalue weighted by molar-refractivity contribution is 5.95. The van der Waals surface area contributed by atoms with Gasteiger partial charge in [-0.25, -0.2) is 4.98 Å². The second-order valence-electron chi connectivity index (χ2n) is 6.00. The summed E-state index contributed by atoms with van der Waals surface area (Å²) in [6.45, 7) is 5.94. The standard InChI is InChI=1S/C17H23N5O2/c1-12-15(13(2)22(20-12)8-9-23)11-19-16-6-5-14(10-18-16)21-7-3-4-17(21)24/h5-6,10,23H,3-4,7-9,11H2,1-2H3,(H,18,19). The second-order valence-corrected chi connectivity index (χ2v) is 6.00. The molecular weight excluding hydrogens is 306 g/mol. The molecule has 1 amide bonds. The van der Waals surface area contributed by atoms with E-state index in [1.807, 2.05) is 30.7 Å². The fourth-order valence-corrected chi connectivity index (χ4v) is 3.05. The molecule has 7 heteroatoms. The van der Waals surface area contributed by atoms with Gasteiger partial charge in [0.05, 0.1) is 30.7 Å². The van der Waals surface area contributed by atoms with Crippen molar-refractivity contribution in [1.82, 2.24) is 14.8 Å². The Hall–Kier alpha value is -2.41. The smallest absolute Gasteiger partial charge is 0.227 e. The number of aliphatic hydroxyl groups excluding tert-OH is 1. The minimum Gasteiger partial charge on any atom is -0.394 e. The van der Waals surface area contributed by atoms with Gasteiger partial charge in [-0.15, -0.1) is 0 Å². The maximum absolute atomic E-state index is 11.8. The Labute approximate surface area is 141 Å². The van der Waals surface area contributed by atoms with Crippen molar-refractivity contribution in [2.24, 2.45) is 0 Å². The molecule has 3 rings (SSSR count). The Morgan fingerprint density at radius 3 is 2.79 bits per heavy atom. The Kier molecular flexibility index (Phi) is 4.80. The van der Waals surface area contributed by atoms with Crippen molar-refractivity contribution in [2.45, 2.75) is 39.8 Å². The zero-order chi connectivity index (χ0) is 17.1. The lowest BCUT2D eigenvalue weighted by Gasteiger charge is -2.15. The third-order valence-corrected chi connectivity index (χ3v) is 4.42. The van der Waals surface area contributed by atoms with Crippen molar-refractivity contribution in [1.29, 1.82) is 0 Å². The van der Waals surface area contributed by atoms with E-state index in [-0.39, 0.29) is 12.5 Å². The Balaban J connectivity index is 1.66. The van der Waals surface area contributed by atoms with Gasteiger partial charge >= 0.3 is 0 Å². The van der Waals surface area contributed by atoms with Gasteiger partial charge in [-0.1, -0.05) is 0 Å². The number of carbonyl (C=O) groups excluding carboxylic acids is 1. The summed E-state index contributed by atoms with van der Waals surface area (Å²) in [6, 6.07) is 3.82. The molecule has 24 heavy (non-hydrogen) atoms. The van der Waals surface area contributed by atoms with Crippen LogP contribution in [0.2, 0.25) is 0 Å². The largest absolute Gasteiger partial charge is 0.394 e. The molecule has 0 aromatic carbocycles. The van der Waals surface area contributed by atoms with Gasteiger partial charge in [-0.05, 0) is 32.4 Å². The first-order chi connectivity index (χ1) is 11.6. The fourth-order valence-electron chi connectivity index (χ4n) is 3.05. The predicted octanol–water partition coefficient (Wildman–Crippen LogP) is 1.63. The number of aromatic nitrogens is 3. The molecule has 7 nitrogen and oxygen atoms in total. The van der Waals surface area contributed by atoms with Crippen molar-refractivity contribution in [3.63, 3.8) is 0 Å². The summed E-state index contributed by atoms with van der Waals surface area (Å²) >= 11 is 0. The van der Waals surface area contributed by atoms with E-state index in [0.29, 0.717) is 19.5 Å². The number of aryl methyl sites for hydroxylation is 1. The average Bonchev–Trinajstić information content (AvgIpc) is 3.11. The van der Waals surface area contributed by atoms with Crippen molar-refractivity contribution in [3.8, 4) is 0 Å². The Bertz CT molecular complexity index is 723. The molecule has 1 aliphatic rings. The van der Waals surface area contributed by atoms with Crippen molar-refractivity contribution in [2.75, 3.05) is 23.4 Å². The molecule has 0 unspecified atom stereocenters. The zero-order valence-electron chi connectivity index (χ0n) is 14.1. The van der Waals surface area contributed by atoms with Gasteiger partial charge in [-0.2, -0.15) is 5.10 Å². The maximum atomic E-state index is 11.8. The van der Waals surface area contributed by atoms with Crippen molar-refractivity contribution >= 4 is 17.4 Å². The molecule has 2 aromatic heterocycles. The van der Waals surface area contributed by atoms with E-state index < -0.39 is 0 Å². The number of nitrogens with one attached hydrogen (secondary N) is 1. The molecule has 2 aromatic rings. The third kappa shape index (κ3) is 3.26. The zero-order valence-corrected chi connectivity index (χ0v) is 14.1. The number of nitrogens with zero attached hydrogens (tertiary/aromatic N) is 4. The summed E-state index contributed by atoms with van der Waals surface area (Å²) in [5.41, 5.74) is 3.97. The molecular formula is C17H23N5O2. The van der Waals surface area contributed by atoms with E-state index in [1.165, 1.54) is 0 Å². The number of pyridine rings is 1. The topological polar surface area (TPSA) is 83.3 Å². The monoisotopic (exact) mass is 329 g/mol. The molecule has 0 radical (unpaired) electrons. The van der Waals surface area contributed by atoms with E-state index in [2.05, 4.69) is 15.4 Å². The van der Waals surface area contributed by atoms with Gasteiger partial charge in [0.2, 0.25) is 5.91 Å². The summed E-state index contributed by atoms with van der Waals surface area (Å²) < 4.78 is 1.82. The minimum absolute atomic E-state index is 0.0765. The van der Waals surface area contributed by atoms with Crippen LogP contribution in [0.1, 0.15) is 29.8 Å². The highest BCUT2D eigenvalue weighted by atomic mass is 16.3. The lowest BCUT2D eigenvalue weighted by molar-refractivity contribution is -0.117. The van der Waals surface area contributed by atoms with Gasteiger partial charge < -0.3 is 15.3 Å². The SMILES string of the molecule is Cc1nn(CCO)c(C)c1CNc1ccc(N2CCCC2=O)cn1. The van der Waals surface area contributed by atoms with Crippen molar-refractivity contribution in [3.05, 3.63) is 35.3 Å². The number of anilines is 2. The molecule has 2 N–H and O–H groups in total. The molecule has 3 heterocycles. The number of hydrogen-bond donors (Lipinski definition) is 2. The first kappa shape index (κ1) is 16.4. The molecule has 0 atom stereocenters. The van der Waals surface area contributed by atoms with Gasteiger partial charge in [0, 0.05) is 30.8 Å². The maximum Gasteiger partial charge on any atom is 0.227 e. The summed E-state index contributed by atoms with van der Waals surface area (Å²) in [5, 5.41) is 16.8. The summed E-state index contributed by atoms with van der Waals surface area (Å²) in [6.07, 6.45) is 3.27. The van der Waals surface area contributed by atoms with E-state index in [9.17, 15) is 4.79 Å². The van der Waals surface area contributed by atoms with E-state index in [4.69, 9.17) is 5.11 Å². The van der Waals surface area contributed by atoms with Crippen LogP contribution < -0.4 is 10.2 Å². The molecule has 1 aliphatic heterocycles. The van der Waals surface area contributed by atoms with Gasteiger partial charge in [-0.3, -0.25) is 9.48 Å². The number of hydrogen-bond acceptors (Lipinski definition) is 5. The van der Waals surface area contributed by atoms with Gasteiger partial charge in [0.15, 0.2) is 0 Å². The van der Waals surface area contributed by atoms with E-state index in [0.717, 1.165) is 41.4 Å². The average molecular weight is 329 g/mol. The third-order valence-electron chi connectivity index (χ3n) is 4.42. The molecule has 0 spiro atoms. The number of rotatable bonds is 6. The fraction of sp³-hybridized carbons (Fsp3) is 0.471.